The average Bonchev–Trinajstić information content (AvgIpc) is 2.64. The molecule has 0 aliphatic heterocycles. The third-order valence-electron chi connectivity index (χ3n) is 3.81. The van der Waals surface area contributed by atoms with Gasteiger partial charge in [-0.25, -0.2) is 4.79 Å². The number of hydroxylamine groups is 1. The number of hydrogen-bond acceptors (Lipinski definition) is 4. The molecule has 2 rings (SSSR count). The van der Waals surface area contributed by atoms with Crippen LogP contribution in [0, 0.1) is 0 Å². The molecule has 1 N–H and O–H groups in total. The van der Waals surface area contributed by atoms with Gasteiger partial charge in [0.15, 0.2) is 0 Å². The molecule has 0 fully saturated rings. The van der Waals surface area contributed by atoms with Gasteiger partial charge in [-0.2, -0.15) is 18.2 Å². The van der Waals surface area contributed by atoms with E-state index in [1.807, 2.05) is 6.92 Å². The number of methoxy groups -OCH3 is 1. The summed E-state index contributed by atoms with van der Waals surface area (Å²) in [7, 11) is 1.00. The fourth-order valence-electron chi connectivity index (χ4n) is 2.41. The molecule has 2 aromatic carbocycles. The maximum atomic E-state index is 13.4. The first-order valence-electron chi connectivity index (χ1n) is 7.86. The van der Waals surface area contributed by atoms with Crippen LogP contribution in [0.2, 0.25) is 0 Å². The number of carbonyl (C=O) groups is 1. The molecule has 0 radical (unpaired) electrons. The highest BCUT2D eigenvalue weighted by atomic mass is 79.9. The molecule has 0 bridgehead atoms. The van der Waals surface area contributed by atoms with Crippen molar-refractivity contribution < 1.29 is 32.6 Å². The van der Waals surface area contributed by atoms with E-state index in [1.54, 1.807) is 18.2 Å². The molecule has 0 aliphatic carbocycles. The summed E-state index contributed by atoms with van der Waals surface area (Å²) < 4.78 is 50.7. The second kappa shape index (κ2) is 8.62. The third-order valence-corrected chi connectivity index (χ3v) is 4.43. The topological polar surface area (TPSA) is 59.0 Å². The van der Waals surface area contributed by atoms with Crippen molar-refractivity contribution in [3.8, 4) is 5.75 Å². The van der Waals surface area contributed by atoms with Gasteiger partial charge in [-0.05, 0) is 52.2 Å². The highest BCUT2D eigenvalue weighted by Crippen LogP contribution is 2.37. The lowest BCUT2D eigenvalue weighted by molar-refractivity contribution is -0.138. The van der Waals surface area contributed by atoms with Gasteiger partial charge in [0.2, 0.25) is 0 Å². The van der Waals surface area contributed by atoms with E-state index >= 15 is 0 Å². The summed E-state index contributed by atoms with van der Waals surface area (Å²) in [5.41, 5.74) is -0.774. The normalized spacial score (nSPS) is 11.2. The zero-order chi connectivity index (χ0) is 20.2. The molecular formula is C18H17BrF3NO4. The van der Waals surface area contributed by atoms with Crippen LogP contribution < -0.4 is 9.80 Å². The van der Waals surface area contributed by atoms with Gasteiger partial charge in [0.1, 0.15) is 12.4 Å². The summed E-state index contributed by atoms with van der Waals surface area (Å²) in [4.78, 5) is 11.5. The predicted octanol–water partition coefficient (Wildman–Crippen LogP) is 5.57. The maximum Gasteiger partial charge on any atom is 0.438 e. The first-order chi connectivity index (χ1) is 12.7. The van der Waals surface area contributed by atoms with E-state index in [-0.39, 0.29) is 10.8 Å². The lowest BCUT2D eigenvalue weighted by Crippen LogP contribution is -2.29. The van der Waals surface area contributed by atoms with Gasteiger partial charge in [0.05, 0.1) is 22.8 Å². The van der Waals surface area contributed by atoms with E-state index in [0.717, 1.165) is 31.2 Å². The summed E-state index contributed by atoms with van der Waals surface area (Å²) in [5.74, 6) is 0.331. The Morgan fingerprint density at radius 3 is 2.52 bits per heavy atom. The maximum absolute atomic E-state index is 13.4. The summed E-state index contributed by atoms with van der Waals surface area (Å²) in [6, 6.07) is 8.33. The van der Waals surface area contributed by atoms with Crippen LogP contribution in [0.15, 0.2) is 40.9 Å². The number of hydrogen-bond donors (Lipinski definition) is 1. The number of nitrogens with zero attached hydrogens (tertiary/aromatic N) is 1. The van der Waals surface area contributed by atoms with Crippen molar-refractivity contribution in [3.05, 3.63) is 57.6 Å². The largest absolute Gasteiger partial charge is 0.488 e. The Labute approximate surface area is 162 Å². The molecule has 2 aromatic rings. The molecule has 9 heteroatoms. The van der Waals surface area contributed by atoms with Crippen molar-refractivity contribution in [2.45, 2.75) is 26.1 Å². The number of ether oxygens (including phenoxy) is 2. The monoisotopic (exact) mass is 447 g/mol. The fraction of sp³-hybridized carbons (Fsp3) is 0.278. The van der Waals surface area contributed by atoms with E-state index in [1.165, 1.54) is 6.07 Å². The molecule has 0 saturated heterocycles. The minimum absolute atomic E-state index is 0.0170. The molecule has 0 spiro atoms. The quantitative estimate of drug-likeness (QED) is 0.480. The molecule has 0 saturated carbocycles. The first kappa shape index (κ1) is 21.0. The number of carbonyl (C=O) groups excluding carboxylic acids is 1. The zero-order valence-corrected chi connectivity index (χ0v) is 16.1. The Morgan fingerprint density at radius 2 is 1.96 bits per heavy atom. The number of halogens is 4. The van der Waals surface area contributed by atoms with E-state index in [4.69, 9.17) is 4.74 Å². The molecule has 0 aliphatic rings. The lowest BCUT2D eigenvalue weighted by Gasteiger charge is -2.21. The van der Waals surface area contributed by atoms with Crippen LogP contribution in [0.5, 0.6) is 5.75 Å². The van der Waals surface area contributed by atoms with Crippen molar-refractivity contribution in [2.75, 3.05) is 12.2 Å². The molecule has 0 atom stereocenters. The van der Waals surface area contributed by atoms with E-state index in [9.17, 15) is 23.2 Å². The van der Waals surface area contributed by atoms with Crippen molar-refractivity contribution >= 4 is 27.7 Å². The molecule has 1 amide bonds. The first-order valence-corrected chi connectivity index (χ1v) is 8.65. The Morgan fingerprint density at radius 1 is 1.26 bits per heavy atom. The highest BCUT2D eigenvalue weighted by molar-refractivity contribution is 9.10. The van der Waals surface area contributed by atoms with Crippen molar-refractivity contribution in [1.82, 2.24) is 0 Å². The second-order valence-electron chi connectivity index (χ2n) is 5.49. The van der Waals surface area contributed by atoms with E-state index in [2.05, 4.69) is 20.7 Å². The number of rotatable bonds is 5. The van der Waals surface area contributed by atoms with Crippen LogP contribution in [0.4, 0.5) is 23.7 Å². The van der Waals surface area contributed by atoms with Crippen LogP contribution in [0.1, 0.15) is 23.6 Å². The van der Waals surface area contributed by atoms with Gasteiger partial charge in [-0.1, -0.05) is 19.1 Å². The van der Waals surface area contributed by atoms with Gasteiger partial charge in [0, 0.05) is 5.56 Å². The van der Waals surface area contributed by atoms with Crippen LogP contribution >= 0.6 is 15.9 Å². The van der Waals surface area contributed by atoms with Crippen molar-refractivity contribution in [1.29, 1.82) is 0 Å². The zero-order valence-electron chi connectivity index (χ0n) is 14.5. The summed E-state index contributed by atoms with van der Waals surface area (Å²) in [6.45, 7) is 1.44. The van der Waals surface area contributed by atoms with Crippen LogP contribution in [-0.4, -0.2) is 18.4 Å². The standard InChI is InChI=1S/C18H17BrF3NO4/c1-3-11-7-8-16(14(19)9-11)27-10-12-13(18(20,21)22)5-4-6-15(12)23(25)17(24)26-2/h4-9,25H,3,10H2,1-2H3. The minimum atomic E-state index is -4.70. The number of anilines is 1. The van der Waals surface area contributed by atoms with Gasteiger partial charge in [-0.15, -0.1) is 0 Å². The van der Waals surface area contributed by atoms with Crippen LogP contribution in [0.3, 0.4) is 0 Å². The van der Waals surface area contributed by atoms with E-state index < -0.39 is 30.0 Å². The van der Waals surface area contributed by atoms with Gasteiger partial charge in [0.25, 0.3) is 0 Å². The van der Waals surface area contributed by atoms with Crippen molar-refractivity contribution in [3.63, 3.8) is 0 Å². The minimum Gasteiger partial charge on any atom is -0.488 e. The van der Waals surface area contributed by atoms with Crippen molar-refractivity contribution in [2.24, 2.45) is 0 Å². The number of benzene rings is 2. The summed E-state index contributed by atoms with van der Waals surface area (Å²) in [6.07, 6.45) is -5.13. The molecule has 146 valence electrons. The SMILES string of the molecule is CCc1ccc(OCc2c(N(O)C(=O)OC)cccc2C(F)(F)F)c(Br)c1. The average molecular weight is 448 g/mol. The number of amides is 1. The van der Waals surface area contributed by atoms with E-state index in [0.29, 0.717) is 10.2 Å². The van der Waals surface area contributed by atoms with Gasteiger partial charge < -0.3 is 9.47 Å². The molecule has 27 heavy (non-hydrogen) atoms. The Kier molecular flexibility index (Phi) is 6.72. The lowest BCUT2D eigenvalue weighted by atomic mass is 10.1. The Hall–Kier alpha value is -2.26. The van der Waals surface area contributed by atoms with Crippen LogP contribution in [-0.2, 0) is 23.9 Å². The van der Waals surface area contributed by atoms with Gasteiger partial charge >= 0.3 is 12.3 Å². The number of aryl methyl sites for hydroxylation is 1. The highest BCUT2D eigenvalue weighted by Gasteiger charge is 2.36. The molecule has 5 nitrogen and oxygen atoms in total. The number of alkyl halides is 3. The third kappa shape index (κ3) is 4.92. The molecular weight excluding hydrogens is 431 g/mol. The Balaban J connectivity index is 2.42. The molecule has 0 aromatic heterocycles. The van der Waals surface area contributed by atoms with Gasteiger partial charge in [-0.3, -0.25) is 5.21 Å². The predicted molar refractivity (Wildman–Crippen MR) is 96.0 cm³/mol. The van der Waals surface area contributed by atoms with Crippen LogP contribution in [0.25, 0.3) is 0 Å². The molecule has 0 unspecified atom stereocenters. The summed E-state index contributed by atoms with van der Waals surface area (Å²) >= 11 is 3.32. The second-order valence-corrected chi connectivity index (χ2v) is 6.34. The Bertz CT molecular complexity index is 827. The smallest absolute Gasteiger partial charge is 0.438 e. The molecule has 0 heterocycles. The summed E-state index contributed by atoms with van der Waals surface area (Å²) in [5, 5.41) is 9.92. The fourth-order valence-corrected chi connectivity index (χ4v) is 2.95.